The fraction of sp³-hybridized carbons (Fsp3) is 0.667. The van der Waals surface area contributed by atoms with E-state index < -0.39 is 0 Å². The Balaban J connectivity index is 0.00000200. The average molecular weight is 391 g/mol. The smallest absolute Gasteiger partial charge is 0.191 e. The van der Waals surface area contributed by atoms with Crippen LogP contribution in [-0.4, -0.2) is 19.6 Å². The lowest BCUT2D eigenvalue weighted by atomic mass is 9.82. The van der Waals surface area contributed by atoms with Crippen molar-refractivity contribution in [3.8, 4) is 0 Å². The van der Waals surface area contributed by atoms with E-state index in [1.54, 1.807) is 13.3 Å². The molecule has 2 atom stereocenters. The average Bonchev–Trinajstić information content (AvgIpc) is 2.92. The normalized spacial score (nSPS) is 23.0. The summed E-state index contributed by atoms with van der Waals surface area (Å²) in [6.45, 7) is 4.05. The Hall–Kier alpha value is -0.720. The summed E-state index contributed by atoms with van der Waals surface area (Å²) in [6.07, 6.45) is 7.12. The summed E-state index contributed by atoms with van der Waals surface area (Å²) in [5.41, 5.74) is 0. The zero-order valence-corrected chi connectivity index (χ0v) is 14.7. The van der Waals surface area contributed by atoms with Gasteiger partial charge in [0.05, 0.1) is 12.8 Å². The first kappa shape index (κ1) is 17.3. The number of halogens is 1. The Kier molecular flexibility index (Phi) is 8.02. The van der Waals surface area contributed by atoms with Gasteiger partial charge in [-0.15, -0.1) is 24.0 Å². The largest absolute Gasteiger partial charge is 0.467 e. The lowest BCUT2D eigenvalue weighted by Crippen LogP contribution is -2.40. The van der Waals surface area contributed by atoms with Crippen LogP contribution in [0.2, 0.25) is 0 Å². The van der Waals surface area contributed by atoms with E-state index in [1.807, 2.05) is 12.1 Å². The van der Waals surface area contributed by atoms with Crippen LogP contribution in [0, 0.1) is 11.8 Å². The number of aliphatic imine (C=N–C) groups is 1. The van der Waals surface area contributed by atoms with Crippen molar-refractivity contribution in [2.75, 3.05) is 13.6 Å². The number of hydrogen-bond acceptors (Lipinski definition) is 2. The summed E-state index contributed by atoms with van der Waals surface area (Å²) < 4.78 is 5.29. The first-order valence-electron chi connectivity index (χ1n) is 7.25. The first-order chi connectivity index (χ1) is 9.28. The molecule has 1 aliphatic rings. The van der Waals surface area contributed by atoms with Gasteiger partial charge >= 0.3 is 0 Å². The second kappa shape index (κ2) is 9.26. The summed E-state index contributed by atoms with van der Waals surface area (Å²) >= 11 is 0. The van der Waals surface area contributed by atoms with Gasteiger partial charge in [0.15, 0.2) is 5.96 Å². The van der Waals surface area contributed by atoms with E-state index in [9.17, 15) is 0 Å². The van der Waals surface area contributed by atoms with E-state index in [1.165, 1.54) is 25.7 Å². The molecule has 0 aromatic carbocycles. The van der Waals surface area contributed by atoms with Gasteiger partial charge in [0, 0.05) is 13.6 Å². The number of nitrogens with one attached hydrogen (secondary N) is 2. The van der Waals surface area contributed by atoms with E-state index >= 15 is 0 Å². The molecular weight excluding hydrogens is 365 g/mol. The zero-order chi connectivity index (χ0) is 13.5. The quantitative estimate of drug-likeness (QED) is 0.470. The Morgan fingerprint density at radius 3 is 2.90 bits per heavy atom. The molecule has 0 aliphatic heterocycles. The molecule has 0 amide bonds. The molecule has 0 radical (unpaired) electrons. The molecule has 1 saturated carbocycles. The number of furan rings is 1. The monoisotopic (exact) mass is 391 g/mol. The molecule has 1 aromatic rings. The van der Waals surface area contributed by atoms with E-state index in [0.717, 1.165) is 30.1 Å². The van der Waals surface area contributed by atoms with E-state index in [-0.39, 0.29) is 24.0 Å². The van der Waals surface area contributed by atoms with Crippen molar-refractivity contribution in [1.82, 2.24) is 10.6 Å². The van der Waals surface area contributed by atoms with Gasteiger partial charge in [-0.2, -0.15) is 0 Å². The van der Waals surface area contributed by atoms with Gasteiger partial charge in [-0.25, -0.2) is 0 Å². The summed E-state index contributed by atoms with van der Waals surface area (Å²) in [7, 11) is 1.81. The van der Waals surface area contributed by atoms with Crippen molar-refractivity contribution in [2.45, 2.75) is 39.2 Å². The second-order valence-corrected chi connectivity index (χ2v) is 5.52. The van der Waals surface area contributed by atoms with Gasteiger partial charge < -0.3 is 15.1 Å². The molecule has 0 bridgehead atoms. The molecule has 0 saturated heterocycles. The number of nitrogens with zero attached hydrogens (tertiary/aromatic N) is 1. The predicted molar refractivity (Wildman–Crippen MR) is 93.4 cm³/mol. The van der Waals surface area contributed by atoms with Gasteiger partial charge in [0.25, 0.3) is 0 Å². The molecular formula is C15H26IN3O. The highest BCUT2D eigenvalue weighted by Gasteiger charge is 2.18. The second-order valence-electron chi connectivity index (χ2n) is 5.52. The van der Waals surface area contributed by atoms with Gasteiger partial charge in [-0.3, -0.25) is 4.99 Å². The van der Waals surface area contributed by atoms with Crippen molar-refractivity contribution >= 4 is 29.9 Å². The fourth-order valence-electron chi connectivity index (χ4n) is 2.79. The third kappa shape index (κ3) is 5.73. The molecule has 4 nitrogen and oxygen atoms in total. The Bertz CT molecular complexity index is 392. The molecule has 2 rings (SSSR count). The van der Waals surface area contributed by atoms with Crippen molar-refractivity contribution in [2.24, 2.45) is 16.8 Å². The molecule has 1 aromatic heterocycles. The van der Waals surface area contributed by atoms with Gasteiger partial charge in [-0.1, -0.05) is 19.8 Å². The van der Waals surface area contributed by atoms with Crippen LogP contribution in [0.25, 0.3) is 0 Å². The van der Waals surface area contributed by atoms with Crippen LogP contribution >= 0.6 is 24.0 Å². The summed E-state index contributed by atoms with van der Waals surface area (Å²) in [5, 5.41) is 6.69. The number of hydrogen-bond donors (Lipinski definition) is 2. The highest BCUT2D eigenvalue weighted by Crippen LogP contribution is 2.27. The number of guanidine groups is 1. The minimum Gasteiger partial charge on any atom is -0.467 e. The molecule has 20 heavy (non-hydrogen) atoms. The molecule has 114 valence electrons. The van der Waals surface area contributed by atoms with Crippen molar-refractivity contribution in [3.05, 3.63) is 24.2 Å². The maximum Gasteiger partial charge on any atom is 0.191 e. The highest BCUT2D eigenvalue weighted by atomic mass is 127. The Morgan fingerprint density at radius 2 is 2.25 bits per heavy atom. The Morgan fingerprint density at radius 1 is 1.40 bits per heavy atom. The van der Waals surface area contributed by atoms with Crippen LogP contribution in [0.15, 0.2) is 27.8 Å². The molecule has 1 aliphatic carbocycles. The highest BCUT2D eigenvalue weighted by molar-refractivity contribution is 14.0. The van der Waals surface area contributed by atoms with Crippen LogP contribution in [0.5, 0.6) is 0 Å². The van der Waals surface area contributed by atoms with Gasteiger partial charge in [-0.05, 0) is 36.8 Å². The molecule has 5 heteroatoms. The minimum atomic E-state index is 0. The van der Waals surface area contributed by atoms with Crippen LogP contribution < -0.4 is 10.6 Å². The van der Waals surface area contributed by atoms with E-state index in [2.05, 4.69) is 22.5 Å². The Labute approximate surface area is 138 Å². The summed E-state index contributed by atoms with van der Waals surface area (Å²) in [6, 6.07) is 3.86. The maximum absolute atomic E-state index is 5.29. The van der Waals surface area contributed by atoms with E-state index in [4.69, 9.17) is 4.42 Å². The first-order valence-corrected chi connectivity index (χ1v) is 7.25. The van der Waals surface area contributed by atoms with Gasteiger partial charge in [0.2, 0.25) is 0 Å². The van der Waals surface area contributed by atoms with Crippen LogP contribution in [-0.2, 0) is 6.54 Å². The standard InChI is InChI=1S/C15H25N3O.HI/c1-12-5-3-6-13(9-12)10-17-15(16-2)18-11-14-7-4-8-19-14;/h4,7-8,12-13H,3,5-6,9-11H2,1-2H3,(H2,16,17,18);1H. The van der Waals surface area contributed by atoms with Gasteiger partial charge in [0.1, 0.15) is 5.76 Å². The van der Waals surface area contributed by atoms with Crippen LogP contribution in [0.4, 0.5) is 0 Å². The third-order valence-corrected chi connectivity index (χ3v) is 3.84. The van der Waals surface area contributed by atoms with Crippen molar-refractivity contribution in [1.29, 1.82) is 0 Å². The topological polar surface area (TPSA) is 49.6 Å². The lowest BCUT2D eigenvalue weighted by molar-refractivity contribution is 0.282. The van der Waals surface area contributed by atoms with E-state index in [0.29, 0.717) is 6.54 Å². The molecule has 1 heterocycles. The maximum atomic E-state index is 5.29. The molecule has 1 fully saturated rings. The predicted octanol–water partition coefficient (Wildman–Crippen LogP) is 3.39. The zero-order valence-electron chi connectivity index (χ0n) is 12.4. The molecule has 2 unspecified atom stereocenters. The fourth-order valence-corrected chi connectivity index (χ4v) is 2.79. The van der Waals surface area contributed by atoms with Crippen LogP contribution in [0.1, 0.15) is 38.4 Å². The summed E-state index contributed by atoms with van der Waals surface area (Å²) in [4.78, 5) is 4.24. The van der Waals surface area contributed by atoms with Crippen LogP contribution in [0.3, 0.4) is 0 Å². The number of rotatable bonds is 4. The summed E-state index contributed by atoms with van der Waals surface area (Å²) in [5.74, 6) is 3.44. The minimum absolute atomic E-state index is 0. The lowest BCUT2D eigenvalue weighted by Gasteiger charge is -2.27. The SMILES string of the molecule is CN=C(NCc1ccco1)NCC1CCCC(C)C1.I. The molecule has 0 spiro atoms. The van der Waals surface area contributed by atoms with Crippen molar-refractivity contribution in [3.63, 3.8) is 0 Å². The molecule has 2 N–H and O–H groups in total. The van der Waals surface area contributed by atoms with Crippen molar-refractivity contribution < 1.29 is 4.42 Å². The third-order valence-electron chi connectivity index (χ3n) is 3.84.